The first-order chi connectivity index (χ1) is 10.6. The molecular weight excluding hydrogens is 294 g/mol. The van der Waals surface area contributed by atoms with Gasteiger partial charge in [0.05, 0.1) is 17.5 Å². The van der Waals surface area contributed by atoms with Crippen LogP contribution in [0, 0.1) is 13.8 Å². The number of amides is 1. The van der Waals surface area contributed by atoms with Crippen molar-refractivity contribution in [3.63, 3.8) is 0 Å². The molecule has 3 aromatic rings. The maximum Gasteiger partial charge on any atom is 0.225 e. The Morgan fingerprint density at radius 2 is 2.05 bits per heavy atom. The van der Waals surface area contributed by atoms with Crippen LogP contribution in [0.3, 0.4) is 0 Å². The van der Waals surface area contributed by atoms with E-state index in [4.69, 9.17) is 0 Å². The van der Waals surface area contributed by atoms with Gasteiger partial charge in [0.2, 0.25) is 5.91 Å². The number of aryl methyl sites for hydroxylation is 2. The fourth-order valence-electron chi connectivity index (χ4n) is 2.59. The number of nitrogens with one attached hydrogen (secondary N) is 1. The normalized spacial score (nSPS) is 11.0. The van der Waals surface area contributed by atoms with Crippen molar-refractivity contribution < 1.29 is 4.79 Å². The van der Waals surface area contributed by atoms with Crippen molar-refractivity contribution in [3.8, 4) is 0 Å². The molecule has 0 unspecified atom stereocenters. The number of hydrogen-bond donors (Lipinski definition) is 1. The van der Waals surface area contributed by atoms with Crippen LogP contribution in [0.1, 0.15) is 15.6 Å². The molecule has 0 atom stereocenters. The van der Waals surface area contributed by atoms with Gasteiger partial charge < -0.3 is 9.88 Å². The molecule has 0 bridgehead atoms. The zero-order valence-corrected chi connectivity index (χ0v) is 13.6. The number of nitrogens with zero attached hydrogens (tertiary/aromatic N) is 2. The summed E-state index contributed by atoms with van der Waals surface area (Å²) in [4.78, 5) is 18.9. The lowest BCUT2D eigenvalue weighted by atomic mass is 10.3. The van der Waals surface area contributed by atoms with Crippen molar-refractivity contribution >= 4 is 28.3 Å². The molecule has 0 radical (unpaired) electrons. The van der Waals surface area contributed by atoms with E-state index in [1.807, 2.05) is 37.3 Å². The quantitative estimate of drug-likeness (QED) is 0.787. The first-order valence-electron chi connectivity index (χ1n) is 7.37. The highest BCUT2D eigenvalue weighted by Crippen LogP contribution is 2.16. The molecule has 22 heavy (non-hydrogen) atoms. The third-order valence-corrected chi connectivity index (χ3v) is 4.63. The second-order valence-corrected chi connectivity index (χ2v) is 6.71. The number of thiophene rings is 1. The zero-order chi connectivity index (χ0) is 15.5. The number of carbonyl (C=O) groups is 1. The van der Waals surface area contributed by atoms with Crippen molar-refractivity contribution in [3.05, 3.63) is 52.0 Å². The number of hydrogen-bond acceptors (Lipinski definition) is 3. The fourth-order valence-corrected chi connectivity index (χ4v) is 3.48. The van der Waals surface area contributed by atoms with E-state index in [1.165, 1.54) is 4.88 Å². The Kier molecular flexibility index (Phi) is 4.24. The average Bonchev–Trinajstić information content (AvgIpc) is 3.03. The Morgan fingerprint density at radius 3 is 2.82 bits per heavy atom. The van der Waals surface area contributed by atoms with Crippen LogP contribution in [-0.2, 0) is 17.8 Å². The van der Waals surface area contributed by atoms with Gasteiger partial charge in [-0.05, 0) is 38.1 Å². The lowest BCUT2D eigenvalue weighted by molar-refractivity contribution is -0.120. The van der Waals surface area contributed by atoms with E-state index in [1.54, 1.807) is 11.3 Å². The number of fused-ring (bicyclic) bond motifs is 1. The molecule has 4 nitrogen and oxygen atoms in total. The SMILES string of the molecule is Cc1ccc(CC(=O)NCCn2c(C)nc3ccccc32)s1. The number of para-hydroxylation sites is 2. The van der Waals surface area contributed by atoms with Gasteiger partial charge in [-0.1, -0.05) is 12.1 Å². The molecule has 5 heteroatoms. The Labute approximate surface area is 133 Å². The first-order valence-corrected chi connectivity index (χ1v) is 8.19. The molecule has 1 amide bonds. The summed E-state index contributed by atoms with van der Waals surface area (Å²) in [7, 11) is 0. The highest BCUT2D eigenvalue weighted by molar-refractivity contribution is 7.12. The molecule has 0 aliphatic heterocycles. The minimum absolute atomic E-state index is 0.0731. The smallest absolute Gasteiger partial charge is 0.225 e. The third-order valence-electron chi connectivity index (χ3n) is 3.63. The maximum atomic E-state index is 12.0. The molecule has 0 aliphatic carbocycles. The van der Waals surface area contributed by atoms with Crippen LogP contribution in [0.2, 0.25) is 0 Å². The van der Waals surface area contributed by atoms with E-state index < -0.39 is 0 Å². The van der Waals surface area contributed by atoms with Gasteiger partial charge in [-0.3, -0.25) is 4.79 Å². The van der Waals surface area contributed by atoms with Crippen LogP contribution >= 0.6 is 11.3 Å². The third kappa shape index (κ3) is 3.20. The van der Waals surface area contributed by atoms with Gasteiger partial charge in [0.1, 0.15) is 5.82 Å². The molecule has 0 saturated heterocycles. The van der Waals surface area contributed by atoms with Crippen molar-refractivity contribution in [2.24, 2.45) is 0 Å². The molecule has 2 heterocycles. The molecular formula is C17H19N3OS. The average molecular weight is 313 g/mol. The van der Waals surface area contributed by atoms with Crippen LogP contribution in [0.15, 0.2) is 36.4 Å². The van der Waals surface area contributed by atoms with E-state index in [9.17, 15) is 4.79 Å². The van der Waals surface area contributed by atoms with Gasteiger partial charge in [0, 0.05) is 22.8 Å². The molecule has 3 rings (SSSR count). The highest BCUT2D eigenvalue weighted by Gasteiger charge is 2.08. The van der Waals surface area contributed by atoms with Crippen LogP contribution in [0.5, 0.6) is 0 Å². The summed E-state index contributed by atoms with van der Waals surface area (Å²) in [6.07, 6.45) is 0.460. The van der Waals surface area contributed by atoms with Crippen molar-refractivity contribution in [1.82, 2.24) is 14.9 Å². The Morgan fingerprint density at radius 1 is 1.23 bits per heavy atom. The molecule has 0 saturated carbocycles. The summed E-state index contributed by atoms with van der Waals surface area (Å²) in [5, 5.41) is 2.99. The van der Waals surface area contributed by atoms with Gasteiger partial charge in [-0.2, -0.15) is 0 Å². The van der Waals surface area contributed by atoms with Crippen LogP contribution in [-0.4, -0.2) is 22.0 Å². The standard InChI is InChI=1S/C17H19N3OS/c1-12-7-8-14(22-12)11-17(21)18-9-10-20-13(2)19-15-5-3-4-6-16(15)20/h3-8H,9-11H2,1-2H3,(H,18,21). The summed E-state index contributed by atoms with van der Waals surface area (Å²) >= 11 is 1.68. The maximum absolute atomic E-state index is 12.0. The second-order valence-electron chi connectivity index (χ2n) is 5.34. The molecule has 114 valence electrons. The van der Waals surface area contributed by atoms with Crippen molar-refractivity contribution in [1.29, 1.82) is 0 Å². The summed E-state index contributed by atoms with van der Waals surface area (Å²) in [6.45, 7) is 5.40. The number of aromatic nitrogens is 2. The molecule has 1 aromatic carbocycles. The monoisotopic (exact) mass is 313 g/mol. The number of carbonyl (C=O) groups excluding carboxylic acids is 1. The Bertz CT molecular complexity index is 803. The molecule has 0 fully saturated rings. The largest absolute Gasteiger partial charge is 0.354 e. The number of benzene rings is 1. The number of imidazole rings is 1. The van der Waals surface area contributed by atoms with Crippen molar-refractivity contribution in [2.45, 2.75) is 26.8 Å². The minimum atomic E-state index is 0.0731. The lowest BCUT2D eigenvalue weighted by Gasteiger charge is -2.08. The van der Waals surface area contributed by atoms with E-state index in [-0.39, 0.29) is 5.91 Å². The van der Waals surface area contributed by atoms with Crippen LogP contribution in [0.4, 0.5) is 0 Å². The minimum Gasteiger partial charge on any atom is -0.354 e. The molecule has 0 spiro atoms. The molecule has 0 aliphatic rings. The Hall–Kier alpha value is -2.14. The topological polar surface area (TPSA) is 46.9 Å². The second kappa shape index (κ2) is 6.32. The Balaban J connectivity index is 1.58. The van der Waals surface area contributed by atoms with Gasteiger partial charge in [0.25, 0.3) is 0 Å². The molecule has 2 aromatic heterocycles. The summed E-state index contributed by atoms with van der Waals surface area (Å²) in [5.41, 5.74) is 2.11. The van der Waals surface area contributed by atoms with E-state index >= 15 is 0 Å². The van der Waals surface area contributed by atoms with Gasteiger partial charge in [-0.25, -0.2) is 4.98 Å². The van der Waals surface area contributed by atoms with Gasteiger partial charge >= 0.3 is 0 Å². The first kappa shape index (κ1) is 14.8. The zero-order valence-electron chi connectivity index (χ0n) is 12.8. The van der Waals surface area contributed by atoms with Gasteiger partial charge in [0.15, 0.2) is 0 Å². The van der Waals surface area contributed by atoms with Gasteiger partial charge in [-0.15, -0.1) is 11.3 Å². The predicted octanol–water partition coefficient (Wildman–Crippen LogP) is 3.07. The summed E-state index contributed by atoms with van der Waals surface area (Å²) in [6, 6.07) is 12.1. The predicted molar refractivity (Wildman–Crippen MR) is 90.2 cm³/mol. The summed E-state index contributed by atoms with van der Waals surface area (Å²) in [5.74, 6) is 1.05. The fraction of sp³-hybridized carbons (Fsp3) is 0.294. The summed E-state index contributed by atoms with van der Waals surface area (Å²) < 4.78 is 2.14. The van der Waals surface area contributed by atoms with E-state index in [0.717, 1.165) is 28.3 Å². The highest BCUT2D eigenvalue weighted by atomic mass is 32.1. The number of rotatable bonds is 5. The lowest BCUT2D eigenvalue weighted by Crippen LogP contribution is -2.28. The van der Waals surface area contributed by atoms with Crippen molar-refractivity contribution in [2.75, 3.05) is 6.54 Å². The van der Waals surface area contributed by atoms with Crippen LogP contribution < -0.4 is 5.32 Å². The van der Waals surface area contributed by atoms with E-state index in [2.05, 4.69) is 27.9 Å². The molecule has 1 N–H and O–H groups in total. The van der Waals surface area contributed by atoms with Crippen LogP contribution in [0.25, 0.3) is 11.0 Å². The van der Waals surface area contributed by atoms with E-state index in [0.29, 0.717) is 13.0 Å².